The van der Waals surface area contributed by atoms with Crippen molar-refractivity contribution >= 4 is 17.5 Å². The number of carbonyl (C=O) groups excluding carboxylic acids is 1. The van der Waals surface area contributed by atoms with Gasteiger partial charge in [0.1, 0.15) is 11.4 Å². The summed E-state index contributed by atoms with van der Waals surface area (Å²) in [4.78, 5) is 25.9. The third-order valence-electron chi connectivity index (χ3n) is 4.19. The molecule has 132 valence electrons. The van der Waals surface area contributed by atoms with E-state index in [-0.39, 0.29) is 5.91 Å². The van der Waals surface area contributed by atoms with Crippen LogP contribution in [0.25, 0.3) is 0 Å². The predicted octanol–water partition coefficient (Wildman–Crippen LogP) is 1.80. The topological polar surface area (TPSA) is 70.6 Å². The van der Waals surface area contributed by atoms with Gasteiger partial charge < -0.3 is 19.9 Å². The van der Waals surface area contributed by atoms with Crippen LogP contribution in [0.3, 0.4) is 0 Å². The van der Waals surface area contributed by atoms with Gasteiger partial charge in [0.25, 0.3) is 5.91 Å². The minimum absolute atomic E-state index is 0.255. The van der Waals surface area contributed by atoms with E-state index in [9.17, 15) is 4.79 Å². The maximum Gasteiger partial charge on any atom is 0.274 e. The number of anilines is 2. The summed E-state index contributed by atoms with van der Waals surface area (Å²) in [7, 11) is 3.69. The van der Waals surface area contributed by atoms with E-state index in [0.29, 0.717) is 23.1 Å². The first-order valence-corrected chi connectivity index (χ1v) is 8.30. The lowest BCUT2D eigenvalue weighted by molar-refractivity contribution is 0.102. The van der Waals surface area contributed by atoms with E-state index in [4.69, 9.17) is 4.74 Å². The van der Waals surface area contributed by atoms with E-state index in [1.807, 2.05) is 25.1 Å². The van der Waals surface area contributed by atoms with Gasteiger partial charge in [0.2, 0.25) is 5.95 Å². The number of nitrogens with one attached hydrogen (secondary N) is 1. The van der Waals surface area contributed by atoms with E-state index < -0.39 is 0 Å². The Labute approximate surface area is 147 Å². The molecule has 1 aromatic carbocycles. The van der Waals surface area contributed by atoms with E-state index >= 15 is 0 Å². The molecule has 3 rings (SSSR count). The molecule has 0 saturated carbocycles. The average Bonchev–Trinajstić information content (AvgIpc) is 2.62. The smallest absolute Gasteiger partial charge is 0.274 e. The Hall–Kier alpha value is -2.67. The molecule has 1 amide bonds. The first-order valence-electron chi connectivity index (χ1n) is 8.30. The molecule has 0 aliphatic carbocycles. The number of benzene rings is 1. The quantitative estimate of drug-likeness (QED) is 0.914. The predicted molar refractivity (Wildman–Crippen MR) is 97.4 cm³/mol. The number of likely N-dealkylation sites (N-methyl/N-ethyl adjacent to an activating group) is 1. The lowest BCUT2D eigenvalue weighted by Gasteiger charge is -2.32. The summed E-state index contributed by atoms with van der Waals surface area (Å²) < 4.78 is 5.18. The molecule has 1 aliphatic heterocycles. The van der Waals surface area contributed by atoms with E-state index in [1.54, 1.807) is 19.2 Å². The van der Waals surface area contributed by atoms with E-state index in [0.717, 1.165) is 31.9 Å². The van der Waals surface area contributed by atoms with Crippen molar-refractivity contribution in [2.75, 3.05) is 50.6 Å². The van der Waals surface area contributed by atoms with Crippen LogP contribution in [-0.2, 0) is 0 Å². The van der Waals surface area contributed by atoms with Gasteiger partial charge in [-0.3, -0.25) is 4.79 Å². The van der Waals surface area contributed by atoms with Crippen molar-refractivity contribution in [2.24, 2.45) is 0 Å². The molecule has 1 N–H and O–H groups in total. The maximum atomic E-state index is 12.6. The molecular weight excluding hydrogens is 318 g/mol. The molecule has 1 aromatic heterocycles. The monoisotopic (exact) mass is 341 g/mol. The molecule has 0 spiro atoms. The summed E-state index contributed by atoms with van der Waals surface area (Å²) in [5.74, 6) is 1.05. The molecule has 1 fully saturated rings. The number of hydrogen-bond acceptors (Lipinski definition) is 6. The van der Waals surface area contributed by atoms with Crippen molar-refractivity contribution in [3.8, 4) is 5.75 Å². The van der Waals surface area contributed by atoms with Gasteiger partial charge in [-0.25, -0.2) is 9.97 Å². The number of carbonyl (C=O) groups is 1. The molecule has 7 nitrogen and oxygen atoms in total. The number of piperazine rings is 1. The Balaban J connectivity index is 1.78. The van der Waals surface area contributed by atoms with Crippen LogP contribution in [0.2, 0.25) is 0 Å². The van der Waals surface area contributed by atoms with Gasteiger partial charge in [-0.1, -0.05) is 6.07 Å². The van der Waals surface area contributed by atoms with Crippen molar-refractivity contribution < 1.29 is 9.53 Å². The van der Waals surface area contributed by atoms with Crippen LogP contribution in [0.1, 0.15) is 16.2 Å². The minimum Gasteiger partial charge on any atom is -0.497 e. The molecule has 1 saturated heterocycles. The average molecular weight is 341 g/mol. The summed E-state index contributed by atoms with van der Waals surface area (Å²) in [6, 6.07) is 8.95. The molecular formula is C18H23N5O2. The zero-order valence-corrected chi connectivity index (χ0v) is 14.8. The van der Waals surface area contributed by atoms with Crippen molar-refractivity contribution in [3.05, 3.63) is 41.7 Å². The Bertz CT molecular complexity index is 757. The normalized spacial score (nSPS) is 15.1. The second kappa shape index (κ2) is 7.48. The largest absolute Gasteiger partial charge is 0.497 e. The zero-order valence-electron chi connectivity index (χ0n) is 14.8. The van der Waals surface area contributed by atoms with Crippen LogP contribution in [0.4, 0.5) is 11.6 Å². The molecule has 0 unspecified atom stereocenters. The highest BCUT2D eigenvalue weighted by atomic mass is 16.5. The van der Waals surface area contributed by atoms with Gasteiger partial charge in [0.05, 0.1) is 7.11 Å². The second-order valence-electron chi connectivity index (χ2n) is 6.17. The second-order valence-corrected chi connectivity index (χ2v) is 6.17. The summed E-state index contributed by atoms with van der Waals surface area (Å²) in [5, 5.41) is 2.86. The molecule has 0 atom stereocenters. The molecule has 2 aromatic rings. The lowest BCUT2D eigenvalue weighted by atomic mass is 10.2. The SMILES string of the molecule is COc1cccc(NC(=O)c2cc(C)nc(N3CCN(C)CC3)n2)c1. The fraction of sp³-hybridized carbons (Fsp3) is 0.389. The fourth-order valence-electron chi connectivity index (χ4n) is 2.71. The summed E-state index contributed by atoms with van der Waals surface area (Å²) in [6.07, 6.45) is 0. The van der Waals surface area contributed by atoms with Gasteiger partial charge in [-0.05, 0) is 32.2 Å². The van der Waals surface area contributed by atoms with Crippen LogP contribution in [0.5, 0.6) is 5.75 Å². The third-order valence-corrected chi connectivity index (χ3v) is 4.19. The van der Waals surface area contributed by atoms with Gasteiger partial charge in [0.15, 0.2) is 0 Å². The molecule has 2 heterocycles. The zero-order chi connectivity index (χ0) is 17.8. The first kappa shape index (κ1) is 17.2. The molecule has 0 radical (unpaired) electrons. The Morgan fingerprint density at radius 2 is 1.92 bits per heavy atom. The van der Waals surface area contributed by atoms with Gasteiger partial charge >= 0.3 is 0 Å². The van der Waals surface area contributed by atoms with Gasteiger partial charge in [-0.15, -0.1) is 0 Å². The highest BCUT2D eigenvalue weighted by Crippen LogP contribution is 2.18. The molecule has 7 heteroatoms. The van der Waals surface area contributed by atoms with Crippen LogP contribution in [0.15, 0.2) is 30.3 Å². The number of methoxy groups -OCH3 is 1. The molecule has 25 heavy (non-hydrogen) atoms. The third kappa shape index (κ3) is 4.24. The number of nitrogens with zero attached hydrogens (tertiary/aromatic N) is 4. The van der Waals surface area contributed by atoms with E-state index in [1.165, 1.54) is 0 Å². The van der Waals surface area contributed by atoms with E-state index in [2.05, 4.69) is 32.1 Å². The van der Waals surface area contributed by atoms with Crippen LogP contribution < -0.4 is 15.0 Å². The van der Waals surface area contributed by atoms with Gasteiger partial charge in [-0.2, -0.15) is 0 Å². The van der Waals surface area contributed by atoms with Gasteiger partial charge in [0, 0.05) is 43.6 Å². The van der Waals surface area contributed by atoms with Crippen molar-refractivity contribution in [1.82, 2.24) is 14.9 Å². The number of hydrogen-bond donors (Lipinski definition) is 1. The Kier molecular flexibility index (Phi) is 5.14. The van der Waals surface area contributed by atoms with Crippen molar-refractivity contribution in [1.29, 1.82) is 0 Å². The number of rotatable bonds is 4. The highest BCUT2D eigenvalue weighted by molar-refractivity contribution is 6.03. The minimum atomic E-state index is -0.255. The van der Waals surface area contributed by atoms with Crippen molar-refractivity contribution in [3.63, 3.8) is 0 Å². The lowest BCUT2D eigenvalue weighted by Crippen LogP contribution is -2.45. The Morgan fingerprint density at radius 1 is 1.16 bits per heavy atom. The Morgan fingerprint density at radius 3 is 2.64 bits per heavy atom. The summed E-state index contributed by atoms with van der Waals surface area (Å²) in [5.41, 5.74) is 1.81. The number of aromatic nitrogens is 2. The van der Waals surface area contributed by atoms with Crippen LogP contribution in [-0.4, -0.2) is 61.1 Å². The number of aryl methyl sites for hydroxylation is 1. The highest BCUT2D eigenvalue weighted by Gasteiger charge is 2.19. The maximum absolute atomic E-state index is 12.6. The number of amides is 1. The summed E-state index contributed by atoms with van der Waals surface area (Å²) in [6.45, 7) is 5.52. The fourth-order valence-corrected chi connectivity index (χ4v) is 2.71. The van der Waals surface area contributed by atoms with Crippen molar-refractivity contribution in [2.45, 2.75) is 6.92 Å². The van der Waals surface area contributed by atoms with Crippen LogP contribution in [0, 0.1) is 6.92 Å². The number of ether oxygens (including phenoxy) is 1. The summed E-state index contributed by atoms with van der Waals surface area (Å²) >= 11 is 0. The molecule has 0 bridgehead atoms. The standard InChI is InChI=1S/C18H23N5O2/c1-13-11-16(17(24)20-14-5-4-6-15(12-14)25-3)21-18(19-13)23-9-7-22(2)8-10-23/h4-6,11-12H,7-10H2,1-3H3,(H,20,24). The molecule has 1 aliphatic rings. The first-order chi connectivity index (χ1) is 12.0. The van der Waals surface area contributed by atoms with Crippen LogP contribution >= 0.6 is 0 Å².